The summed E-state index contributed by atoms with van der Waals surface area (Å²) >= 11 is 0. The van der Waals surface area contributed by atoms with Crippen molar-refractivity contribution < 1.29 is 13.2 Å². The minimum atomic E-state index is -4.11. The molecule has 1 N–H and O–H groups in total. The van der Waals surface area contributed by atoms with E-state index in [-0.39, 0.29) is 6.54 Å². The highest BCUT2D eigenvalue weighted by atomic mass is 19.4. The van der Waals surface area contributed by atoms with Gasteiger partial charge in [-0.3, -0.25) is 4.68 Å². The molecule has 0 aliphatic heterocycles. The maximum Gasteiger partial charge on any atom is 0.390 e. The molecule has 1 aliphatic rings. The lowest BCUT2D eigenvalue weighted by Gasteiger charge is -2.05. The summed E-state index contributed by atoms with van der Waals surface area (Å²) in [6.07, 6.45) is 0.736. The molecule has 1 aromatic heterocycles. The SMILES string of the molecule is FC(F)(F)CCn1cc(CNC2CC2)cn1. The number of nitrogens with zero attached hydrogens (tertiary/aromatic N) is 2. The fourth-order valence-electron chi connectivity index (χ4n) is 1.41. The number of aromatic nitrogens is 2. The van der Waals surface area contributed by atoms with Gasteiger partial charge in [-0.05, 0) is 12.8 Å². The summed E-state index contributed by atoms with van der Waals surface area (Å²) in [6.45, 7) is 0.587. The monoisotopic (exact) mass is 233 g/mol. The minimum Gasteiger partial charge on any atom is -0.310 e. The second-order valence-electron chi connectivity index (χ2n) is 4.13. The average Bonchev–Trinajstić information content (AvgIpc) is 2.91. The van der Waals surface area contributed by atoms with E-state index in [1.54, 1.807) is 12.4 Å². The molecule has 1 aromatic rings. The Hall–Kier alpha value is -1.04. The van der Waals surface area contributed by atoms with Crippen LogP contribution in [0.15, 0.2) is 12.4 Å². The van der Waals surface area contributed by atoms with Crippen LogP contribution >= 0.6 is 0 Å². The summed E-state index contributed by atoms with van der Waals surface area (Å²) in [4.78, 5) is 0. The Bertz CT molecular complexity index is 341. The van der Waals surface area contributed by atoms with E-state index in [0.717, 1.165) is 5.56 Å². The molecule has 0 aromatic carbocycles. The fourth-order valence-corrected chi connectivity index (χ4v) is 1.41. The Kier molecular flexibility index (Phi) is 3.18. The van der Waals surface area contributed by atoms with Crippen molar-refractivity contribution in [3.8, 4) is 0 Å². The molecular formula is C10H14F3N3. The molecule has 0 saturated heterocycles. The number of rotatable bonds is 5. The standard InChI is InChI=1S/C10H14F3N3/c11-10(12,13)3-4-16-7-8(6-15-16)5-14-9-1-2-9/h6-7,9,14H,1-5H2. The lowest BCUT2D eigenvalue weighted by molar-refractivity contribution is -0.137. The molecule has 0 spiro atoms. The molecular weight excluding hydrogens is 219 g/mol. The van der Waals surface area contributed by atoms with Gasteiger partial charge in [-0.2, -0.15) is 18.3 Å². The zero-order chi connectivity index (χ0) is 11.6. The van der Waals surface area contributed by atoms with E-state index < -0.39 is 12.6 Å². The minimum absolute atomic E-state index is 0.104. The van der Waals surface area contributed by atoms with Crippen LogP contribution in [0.5, 0.6) is 0 Å². The van der Waals surface area contributed by atoms with E-state index in [1.165, 1.54) is 17.5 Å². The maximum atomic E-state index is 12.0. The summed E-state index contributed by atoms with van der Waals surface area (Å²) in [5.41, 5.74) is 0.939. The van der Waals surface area contributed by atoms with Crippen molar-refractivity contribution in [2.45, 2.75) is 44.6 Å². The molecule has 2 rings (SSSR count). The molecule has 0 amide bonds. The number of alkyl halides is 3. The van der Waals surface area contributed by atoms with E-state index in [9.17, 15) is 13.2 Å². The number of halogens is 3. The quantitative estimate of drug-likeness (QED) is 0.843. The van der Waals surface area contributed by atoms with E-state index in [1.807, 2.05) is 0 Å². The Balaban J connectivity index is 1.77. The van der Waals surface area contributed by atoms with E-state index in [2.05, 4.69) is 10.4 Å². The number of aryl methyl sites for hydroxylation is 1. The zero-order valence-corrected chi connectivity index (χ0v) is 8.80. The highest BCUT2D eigenvalue weighted by molar-refractivity contribution is 5.04. The van der Waals surface area contributed by atoms with Gasteiger partial charge in [0.2, 0.25) is 0 Å². The van der Waals surface area contributed by atoms with Gasteiger partial charge in [0.15, 0.2) is 0 Å². The van der Waals surface area contributed by atoms with Crippen LogP contribution < -0.4 is 5.32 Å². The normalized spacial score (nSPS) is 16.7. The van der Waals surface area contributed by atoms with Crippen LogP contribution in [0.1, 0.15) is 24.8 Å². The third kappa shape index (κ3) is 3.84. The van der Waals surface area contributed by atoms with Gasteiger partial charge >= 0.3 is 6.18 Å². The second kappa shape index (κ2) is 4.45. The van der Waals surface area contributed by atoms with E-state index in [0.29, 0.717) is 12.6 Å². The van der Waals surface area contributed by atoms with Crippen LogP contribution in [0.2, 0.25) is 0 Å². The smallest absolute Gasteiger partial charge is 0.310 e. The van der Waals surface area contributed by atoms with Gasteiger partial charge in [-0.15, -0.1) is 0 Å². The molecule has 0 atom stereocenters. The Morgan fingerprint density at radius 1 is 1.44 bits per heavy atom. The van der Waals surface area contributed by atoms with Gasteiger partial charge < -0.3 is 5.32 Å². The van der Waals surface area contributed by atoms with Gasteiger partial charge in [0.25, 0.3) is 0 Å². The Labute approximate surface area is 91.6 Å². The Morgan fingerprint density at radius 2 is 2.19 bits per heavy atom. The lowest BCUT2D eigenvalue weighted by atomic mass is 10.3. The molecule has 90 valence electrons. The van der Waals surface area contributed by atoms with Crippen LogP contribution in [-0.4, -0.2) is 22.0 Å². The van der Waals surface area contributed by atoms with Crippen LogP contribution in [-0.2, 0) is 13.1 Å². The van der Waals surface area contributed by atoms with Crippen molar-refractivity contribution in [3.05, 3.63) is 18.0 Å². The number of hydrogen-bond donors (Lipinski definition) is 1. The fraction of sp³-hybridized carbons (Fsp3) is 0.700. The van der Waals surface area contributed by atoms with Crippen molar-refractivity contribution in [2.75, 3.05) is 0 Å². The predicted octanol–water partition coefficient (Wildman–Crippen LogP) is 2.09. The molecule has 6 heteroatoms. The molecule has 1 fully saturated rings. The largest absolute Gasteiger partial charge is 0.390 e. The Morgan fingerprint density at radius 3 is 2.81 bits per heavy atom. The molecule has 0 radical (unpaired) electrons. The second-order valence-corrected chi connectivity index (χ2v) is 4.13. The van der Waals surface area contributed by atoms with Crippen LogP contribution in [0.25, 0.3) is 0 Å². The van der Waals surface area contributed by atoms with Gasteiger partial charge in [-0.1, -0.05) is 0 Å². The lowest BCUT2D eigenvalue weighted by Crippen LogP contribution is -2.15. The van der Waals surface area contributed by atoms with Crippen molar-refractivity contribution in [1.29, 1.82) is 0 Å². The van der Waals surface area contributed by atoms with Crippen LogP contribution in [0.3, 0.4) is 0 Å². The first-order chi connectivity index (χ1) is 7.53. The highest BCUT2D eigenvalue weighted by Gasteiger charge is 2.26. The molecule has 0 unspecified atom stereocenters. The molecule has 1 aliphatic carbocycles. The molecule has 3 nitrogen and oxygen atoms in total. The molecule has 16 heavy (non-hydrogen) atoms. The number of nitrogens with one attached hydrogen (secondary N) is 1. The van der Waals surface area contributed by atoms with E-state index >= 15 is 0 Å². The van der Waals surface area contributed by atoms with Crippen molar-refractivity contribution in [3.63, 3.8) is 0 Å². The third-order valence-corrected chi connectivity index (χ3v) is 2.48. The van der Waals surface area contributed by atoms with Crippen LogP contribution in [0, 0.1) is 0 Å². The van der Waals surface area contributed by atoms with Gasteiger partial charge in [0, 0.05) is 30.9 Å². The summed E-state index contributed by atoms with van der Waals surface area (Å²) in [6, 6.07) is 0.596. The maximum absolute atomic E-state index is 12.0. The molecule has 1 heterocycles. The third-order valence-electron chi connectivity index (χ3n) is 2.48. The predicted molar refractivity (Wildman–Crippen MR) is 52.8 cm³/mol. The molecule has 1 saturated carbocycles. The van der Waals surface area contributed by atoms with E-state index in [4.69, 9.17) is 0 Å². The first-order valence-corrected chi connectivity index (χ1v) is 5.34. The summed E-state index contributed by atoms with van der Waals surface area (Å²) in [5, 5.41) is 7.18. The van der Waals surface area contributed by atoms with Crippen molar-refractivity contribution >= 4 is 0 Å². The molecule has 0 bridgehead atoms. The van der Waals surface area contributed by atoms with Gasteiger partial charge in [-0.25, -0.2) is 0 Å². The first kappa shape index (κ1) is 11.4. The average molecular weight is 233 g/mol. The van der Waals surface area contributed by atoms with Crippen molar-refractivity contribution in [2.24, 2.45) is 0 Å². The van der Waals surface area contributed by atoms with Gasteiger partial charge in [0.1, 0.15) is 0 Å². The summed E-state index contributed by atoms with van der Waals surface area (Å²) in [5.74, 6) is 0. The first-order valence-electron chi connectivity index (χ1n) is 5.34. The van der Waals surface area contributed by atoms with Crippen molar-refractivity contribution in [1.82, 2.24) is 15.1 Å². The number of hydrogen-bond acceptors (Lipinski definition) is 2. The summed E-state index contributed by atoms with van der Waals surface area (Å²) in [7, 11) is 0. The topological polar surface area (TPSA) is 29.9 Å². The summed E-state index contributed by atoms with van der Waals surface area (Å²) < 4.78 is 37.2. The van der Waals surface area contributed by atoms with Gasteiger partial charge in [0.05, 0.1) is 12.6 Å². The highest BCUT2D eigenvalue weighted by Crippen LogP contribution is 2.20. The van der Waals surface area contributed by atoms with Crippen LogP contribution in [0.4, 0.5) is 13.2 Å². The zero-order valence-electron chi connectivity index (χ0n) is 8.80.